The third-order valence-electron chi connectivity index (χ3n) is 3.85. The largest absolute Gasteiger partial charge is 0.475 e. The molecule has 1 aromatic heterocycles. The Bertz CT molecular complexity index is 1040. The molecule has 152 valence electrons. The molecule has 0 fully saturated rings. The van der Waals surface area contributed by atoms with Crippen molar-refractivity contribution in [2.45, 2.75) is 11.1 Å². The van der Waals surface area contributed by atoms with E-state index < -0.39 is 21.8 Å². The van der Waals surface area contributed by atoms with E-state index in [1.165, 1.54) is 0 Å². The first-order valence-corrected chi connectivity index (χ1v) is 9.93. The second kappa shape index (κ2) is 8.58. The van der Waals surface area contributed by atoms with Crippen LogP contribution >= 0.6 is 0 Å². The van der Waals surface area contributed by atoms with Crippen molar-refractivity contribution in [2.75, 3.05) is 13.2 Å². The zero-order valence-corrected chi connectivity index (χ0v) is 15.7. The summed E-state index contributed by atoms with van der Waals surface area (Å²) in [5.41, 5.74) is 0.647. The molecule has 0 bridgehead atoms. The molecule has 1 heterocycles. The van der Waals surface area contributed by atoms with Crippen LogP contribution in [0, 0.1) is 0 Å². The number of nitrogens with zero attached hydrogens (tertiary/aromatic N) is 2. The van der Waals surface area contributed by atoms with Gasteiger partial charge in [0.1, 0.15) is 6.61 Å². The predicted octanol–water partition coefficient (Wildman–Crippen LogP) is 3.52. The Hall–Kier alpha value is -2.98. The first-order chi connectivity index (χ1) is 13.8. The number of hydrogen-bond donors (Lipinski definition) is 1. The molecule has 0 saturated carbocycles. The molecule has 3 rings (SSSR count). The van der Waals surface area contributed by atoms with E-state index >= 15 is 0 Å². The molecule has 1 N–H and O–H groups in total. The summed E-state index contributed by atoms with van der Waals surface area (Å²) < 4.78 is 69.5. The molecule has 0 radical (unpaired) electrons. The monoisotopic (exact) mass is 423 g/mol. The maximum Gasteiger partial charge on any atom is 0.416 e. The van der Waals surface area contributed by atoms with Crippen molar-refractivity contribution in [3.8, 4) is 17.1 Å². The Morgan fingerprint density at radius 1 is 0.897 bits per heavy atom. The zero-order valence-electron chi connectivity index (χ0n) is 14.9. The lowest BCUT2D eigenvalue weighted by Crippen LogP contribution is -2.28. The van der Waals surface area contributed by atoms with Crippen molar-refractivity contribution in [3.05, 3.63) is 72.3 Å². The van der Waals surface area contributed by atoms with Gasteiger partial charge in [0.15, 0.2) is 0 Å². The van der Waals surface area contributed by atoms with Crippen molar-refractivity contribution in [3.63, 3.8) is 0 Å². The topological polar surface area (TPSA) is 81.2 Å². The minimum atomic E-state index is -4.53. The SMILES string of the molecule is O=S(=O)(NCCOc1ccc(-c2ccccc2)nn1)c1ccc(C(F)(F)F)cc1. The number of aromatic nitrogens is 2. The van der Waals surface area contributed by atoms with Crippen LogP contribution in [0.5, 0.6) is 5.88 Å². The van der Waals surface area contributed by atoms with Gasteiger partial charge in [-0.25, -0.2) is 13.1 Å². The van der Waals surface area contributed by atoms with Gasteiger partial charge in [0.25, 0.3) is 0 Å². The quantitative estimate of drug-likeness (QED) is 0.588. The van der Waals surface area contributed by atoms with Crippen LogP contribution in [-0.4, -0.2) is 31.8 Å². The van der Waals surface area contributed by atoms with Gasteiger partial charge in [0.05, 0.1) is 16.2 Å². The molecule has 0 aliphatic rings. The number of sulfonamides is 1. The number of halogens is 3. The molecule has 0 spiro atoms. The van der Waals surface area contributed by atoms with Crippen molar-refractivity contribution in [1.29, 1.82) is 0 Å². The summed E-state index contributed by atoms with van der Waals surface area (Å²) in [6.45, 7) is -0.120. The van der Waals surface area contributed by atoms with Gasteiger partial charge in [0.2, 0.25) is 15.9 Å². The smallest absolute Gasteiger partial charge is 0.416 e. The Balaban J connectivity index is 1.52. The lowest BCUT2D eigenvalue weighted by Gasteiger charge is -2.10. The van der Waals surface area contributed by atoms with Crippen LogP contribution in [0.25, 0.3) is 11.3 Å². The molecular weight excluding hydrogens is 407 g/mol. The van der Waals surface area contributed by atoms with Crippen molar-refractivity contribution >= 4 is 10.0 Å². The summed E-state index contributed by atoms with van der Waals surface area (Å²) in [5.74, 6) is 0.221. The molecule has 0 amide bonds. The van der Waals surface area contributed by atoms with Crippen LogP contribution in [0.15, 0.2) is 71.6 Å². The Kier molecular flexibility index (Phi) is 6.14. The predicted molar refractivity (Wildman–Crippen MR) is 99.6 cm³/mol. The molecule has 0 unspecified atom stereocenters. The van der Waals surface area contributed by atoms with Gasteiger partial charge in [-0.2, -0.15) is 13.2 Å². The van der Waals surface area contributed by atoms with E-state index in [1.54, 1.807) is 12.1 Å². The average Bonchev–Trinajstić information content (AvgIpc) is 2.72. The fraction of sp³-hybridized carbons (Fsp3) is 0.158. The second-order valence-electron chi connectivity index (χ2n) is 5.89. The second-order valence-corrected chi connectivity index (χ2v) is 7.66. The summed E-state index contributed by atoms with van der Waals surface area (Å²) in [7, 11) is -3.95. The van der Waals surface area contributed by atoms with E-state index in [0.717, 1.165) is 29.8 Å². The number of hydrogen-bond acceptors (Lipinski definition) is 5. The maximum atomic E-state index is 12.6. The van der Waals surface area contributed by atoms with Gasteiger partial charge in [-0.05, 0) is 30.3 Å². The summed E-state index contributed by atoms with van der Waals surface area (Å²) in [6.07, 6.45) is -4.53. The van der Waals surface area contributed by atoms with Gasteiger partial charge >= 0.3 is 6.18 Å². The molecule has 0 saturated heterocycles. The first kappa shape index (κ1) is 20.7. The number of benzene rings is 2. The highest BCUT2D eigenvalue weighted by molar-refractivity contribution is 7.89. The van der Waals surface area contributed by atoms with E-state index in [4.69, 9.17) is 4.74 Å². The Labute approximate surface area is 165 Å². The molecule has 2 aromatic carbocycles. The maximum absolute atomic E-state index is 12.6. The molecular formula is C19H16F3N3O3S. The van der Waals surface area contributed by atoms with Crippen LogP contribution in [0.4, 0.5) is 13.2 Å². The Morgan fingerprint density at radius 3 is 2.17 bits per heavy atom. The minimum Gasteiger partial charge on any atom is -0.475 e. The molecule has 29 heavy (non-hydrogen) atoms. The van der Waals surface area contributed by atoms with Crippen molar-refractivity contribution in [2.24, 2.45) is 0 Å². The van der Waals surface area contributed by atoms with Crippen LogP contribution in [0.2, 0.25) is 0 Å². The number of ether oxygens (including phenoxy) is 1. The van der Waals surface area contributed by atoms with E-state index in [1.807, 2.05) is 30.3 Å². The van der Waals surface area contributed by atoms with E-state index in [-0.39, 0.29) is 23.9 Å². The van der Waals surface area contributed by atoms with Crippen LogP contribution in [-0.2, 0) is 16.2 Å². The first-order valence-electron chi connectivity index (χ1n) is 8.44. The van der Waals surface area contributed by atoms with Crippen molar-refractivity contribution < 1.29 is 26.3 Å². The molecule has 3 aromatic rings. The number of rotatable bonds is 7. The third-order valence-corrected chi connectivity index (χ3v) is 5.32. The van der Waals surface area contributed by atoms with Crippen LogP contribution < -0.4 is 9.46 Å². The normalized spacial score (nSPS) is 12.0. The van der Waals surface area contributed by atoms with Gasteiger partial charge in [-0.3, -0.25) is 0 Å². The highest BCUT2D eigenvalue weighted by atomic mass is 32.2. The number of nitrogens with one attached hydrogen (secondary N) is 1. The lowest BCUT2D eigenvalue weighted by molar-refractivity contribution is -0.137. The van der Waals surface area contributed by atoms with Crippen LogP contribution in [0.1, 0.15) is 5.56 Å². The fourth-order valence-electron chi connectivity index (χ4n) is 2.40. The average molecular weight is 423 g/mol. The highest BCUT2D eigenvalue weighted by Crippen LogP contribution is 2.29. The molecule has 0 aliphatic carbocycles. The standard InChI is InChI=1S/C19H16F3N3O3S/c20-19(21,22)15-6-8-16(9-7-15)29(26,27)23-12-13-28-18-11-10-17(24-25-18)14-4-2-1-3-5-14/h1-11,23H,12-13H2. The third kappa shape index (κ3) is 5.52. The fourth-order valence-corrected chi connectivity index (χ4v) is 3.41. The molecule has 6 nitrogen and oxygen atoms in total. The van der Waals surface area contributed by atoms with Crippen LogP contribution in [0.3, 0.4) is 0 Å². The van der Waals surface area contributed by atoms with Gasteiger partial charge in [-0.15, -0.1) is 10.2 Å². The molecule has 0 atom stereocenters. The molecule has 0 aliphatic heterocycles. The van der Waals surface area contributed by atoms with E-state index in [0.29, 0.717) is 5.69 Å². The van der Waals surface area contributed by atoms with E-state index in [9.17, 15) is 21.6 Å². The highest BCUT2D eigenvalue weighted by Gasteiger charge is 2.30. The number of alkyl halides is 3. The zero-order chi connectivity index (χ0) is 20.9. The van der Waals surface area contributed by atoms with Crippen molar-refractivity contribution in [1.82, 2.24) is 14.9 Å². The van der Waals surface area contributed by atoms with Gasteiger partial charge in [0, 0.05) is 18.2 Å². The summed E-state index contributed by atoms with van der Waals surface area (Å²) in [5, 5.41) is 7.97. The summed E-state index contributed by atoms with van der Waals surface area (Å²) in [4.78, 5) is -0.266. The lowest BCUT2D eigenvalue weighted by atomic mass is 10.1. The molecule has 10 heteroatoms. The Morgan fingerprint density at radius 2 is 1.59 bits per heavy atom. The summed E-state index contributed by atoms with van der Waals surface area (Å²) in [6, 6.07) is 16.0. The van der Waals surface area contributed by atoms with Gasteiger partial charge in [-0.1, -0.05) is 30.3 Å². The minimum absolute atomic E-state index is 0.0285. The van der Waals surface area contributed by atoms with E-state index in [2.05, 4.69) is 14.9 Å². The summed E-state index contributed by atoms with van der Waals surface area (Å²) >= 11 is 0. The van der Waals surface area contributed by atoms with Gasteiger partial charge < -0.3 is 4.74 Å².